The quantitative estimate of drug-likeness (QED) is 0.858. The first-order valence-corrected chi connectivity index (χ1v) is 9.10. The van der Waals surface area contributed by atoms with Crippen LogP contribution in [-0.4, -0.2) is 66.1 Å². The van der Waals surface area contributed by atoms with Crippen molar-refractivity contribution in [1.82, 2.24) is 14.8 Å². The smallest absolute Gasteiger partial charge is 0.219 e. The van der Waals surface area contributed by atoms with Crippen molar-refractivity contribution >= 4 is 16.8 Å². The Morgan fingerprint density at radius 3 is 2.84 bits per heavy atom. The zero-order valence-electron chi connectivity index (χ0n) is 14.7. The van der Waals surface area contributed by atoms with Crippen LogP contribution in [0.25, 0.3) is 10.9 Å². The molecular formula is C20H25N3O2. The van der Waals surface area contributed by atoms with E-state index in [0.29, 0.717) is 12.0 Å². The van der Waals surface area contributed by atoms with Gasteiger partial charge in [0.2, 0.25) is 5.91 Å². The number of aromatic nitrogens is 1. The first kappa shape index (κ1) is 16.5. The van der Waals surface area contributed by atoms with E-state index in [4.69, 9.17) is 4.74 Å². The molecule has 0 saturated carbocycles. The van der Waals surface area contributed by atoms with Crippen molar-refractivity contribution in [1.29, 1.82) is 0 Å². The van der Waals surface area contributed by atoms with E-state index in [1.165, 1.54) is 10.9 Å². The lowest BCUT2D eigenvalue weighted by molar-refractivity contribution is -0.129. The van der Waals surface area contributed by atoms with E-state index < -0.39 is 0 Å². The average molecular weight is 339 g/mol. The van der Waals surface area contributed by atoms with Gasteiger partial charge >= 0.3 is 0 Å². The Morgan fingerprint density at radius 1 is 1.20 bits per heavy atom. The van der Waals surface area contributed by atoms with Crippen LogP contribution in [0.5, 0.6) is 0 Å². The monoisotopic (exact) mass is 339 g/mol. The van der Waals surface area contributed by atoms with Gasteiger partial charge in [-0.3, -0.25) is 14.7 Å². The molecule has 0 radical (unpaired) electrons. The minimum Gasteiger partial charge on any atom is -0.378 e. The minimum atomic E-state index is 0.177. The van der Waals surface area contributed by atoms with Gasteiger partial charge in [0, 0.05) is 44.7 Å². The lowest BCUT2D eigenvalue weighted by atomic mass is 9.95. The van der Waals surface area contributed by atoms with E-state index in [-0.39, 0.29) is 5.91 Å². The molecule has 1 aromatic carbocycles. The van der Waals surface area contributed by atoms with Crippen LogP contribution in [0.15, 0.2) is 36.5 Å². The van der Waals surface area contributed by atoms with E-state index in [2.05, 4.69) is 34.1 Å². The number of ether oxygens (including phenoxy) is 1. The molecule has 1 aromatic heterocycles. The zero-order chi connectivity index (χ0) is 17.2. The third-order valence-electron chi connectivity index (χ3n) is 5.46. The van der Waals surface area contributed by atoms with Gasteiger partial charge in [-0.2, -0.15) is 0 Å². The second-order valence-corrected chi connectivity index (χ2v) is 7.21. The topological polar surface area (TPSA) is 45.7 Å². The van der Waals surface area contributed by atoms with Crippen LogP contribution in [-0.2, 0) is 16.0 Å². The van der Waals surface area contributed by atoms with Crippen molar-refractivity contribution < 1.29 is 9.53 Å². The Kier molecular flexibility index (Phi) is 4.68. The lowest BCUT2D eigenvalue weighted by Gasteiger charge is -2.37. The van der Waals surface area contributed by atoms with Gasteiger partial charge in [0.25, 0.3) is 0 Å². The predicted molar refractivity (Wildman–Crippen MR) is 97.4 cm³/mol. The summed E-state index contributed by atoms with van der Waals surface area (Å²) in [6, 6.07) is 11.0. The van der Waals surface area contributed by atoms with E-state index in [9.17, 15) is 4.79 Å². The molecule has 0 N–H and O–H groups in total. The van der Waals surface area contributed by atoms with Gasteiger partial charge in [-0.15, -0.1) is 0 Å². The van der Waals surface area contributed by atoms with Gasteiger partial charge in [-0.05, 0) is 30.0 Å². The highest BCUT2D eigenvalue weighted by Gasteiger charge is 2.32. The van der Waals surface area contributed by atoms with Gasteiger partial charge in [-0.1, -0.05) is 18.2 Å². The molecule has 2 aliphatic heterocycles. The maximum absolute atomic E-state index is 12.0. The number of carbonyl (C=O) groups is 1. The molecule has 5 nitrogen and oxygen atoms in total. The highest BCUT2D eigenvalue weighted by atomic mass is 16.5. The number of pyridine rings is 1. The van der Waals surface area contributed by atoms with E-state index in [1.807, 2.05) is 17.2 Å². The Bertz CT molecular complexity index is 754. The predicted octanol–water partition coefficient (Wildman–Crippen LogP) is 1.96. The summed E-state index contributed by atoms with van der Waals surface area (Å²) in [7, 11) is 0. The van der Waals surface area contributed by atoms with Gasteiger partial charge in [0.1, 0.15) is 0 Å². The van der Waals surface area contributed by atoms with Gasteiger partial charge in [0.05, 0.1) is 24.8 Å². The lowest BCUT2D eigenvalue weighted by Crippen LogP contribution is -2.51. The molecule has 0 aliphatic carbocycles. The first-order chi connectivity index (χ1) is 12.2. The summed E-state index contributed by atoms with van der Waals surface area (Å²) in [6.07, 6.45) is 2.81. The van der Waals surface area contributed by atoms with Crippen LogP contribution >= 0.6 is 0 Å². The van der Waals surface area contributed by atoms with Crippen LogP contribution in [0.4, 0.5) is 0 Å². The molecule has 4 rings (SSSR count). The summed E-state index contributed by atoms with van der Waals surface area (Å²) < 4.78 is 5.38. The van der Waals surface area contributed by atoms with E-state index in [0.717, 1.165) is 51.3 Å². The molecule has 132 valence electrons. The fourth-order valence-corrected chi connectivity index (χ4v) is 3.97. The molecule has 2 saturated heterocycles. The summed E-state index contributed by atoms with van der Waals surface area (Å²) in [5.41, 5.74) is 2.37. The number of carbonyl (C=O) groups excluding carboxylic acids is 1. The minimum absolute atomic E-state index is 0.177. The highest BCUT2D eigenvalue weighted by Crippen LogP contribution is 2.24. The second kappa shape index (κ2) is 7.10. The second-order valence-electron chi connectivity index (χ2n) is 7.21. The summed E-state index contributed by atoms with van der Waals surface area (Å²) in [5.74, 6) is 0.606. The van der Waals surface area contributed by atoms with Gasteiger partial charge < -0.3 is 9.64 Å². The molecular weight excluding hydrogens is 314 g/mol. The van der Waals surface area contributed by atoms with Crippen molar-refractivity contribution in [3.8, 4) is 0 Å². The first-order valence-electron chi connectivity index (χ1n) is 9.10. The number of amides is 1. The number of rotatable bonds is 3. The number of fused-ring (bicyclic) bond motifs is 1. The van der Waals surface area contributed by atoms with Crippen LogP contribution in [0.2, 0.25) is 0 Å². The van der Waals surface area contributed by atoms with Crippen LogP contribution in [0.1, 0.15) is 12.5 Å². The van der Waals surface area contributed by atoms with Crippen LogP contribution in [0.3, 0.4) is 0 Å². The Labute approximate surface area is 148 Å². The normalized spacial score (nSPS) is 22.6. The van der Waals surface area contributed by atoms with Crippen molar-refractivity contribution in [3.05, 3.63) is 42.1 Å². The van der Waals surface area contributed by atoms with Crippen molar-refractivity contribution in [2.75, 3.05) is 39.4 Å². The SMILES string of the molecule is CC(=O)N1CCN(C2COC2)CC(Cc2cccc3ncccc23)C1. The number of hydrogen-bond acceptors (Lipinski definition) is 4. The third kappa shape index (κ3) is 3.53. The standard InChI is InChI=1S/C20H25N3O2/c1-15(24)22-8-9-23(18-13-25-14-18)12-16(11-22)10-17-4-2-6-20-19(17)5-3-7-21-20/h2-7,16,18H,8-14H2,1H3. The van der Waals surface area contributed by atoms with Crippen LogP contribution in [0, 0.1) is 5.92 Å². The fraction of sp³-hybridized carbons (Fsp3) is 0.500. The maximum atomic E-state index is 12.0. The number of nitrogens with zero attached hydrogens (tertiary/aromatic N) is 3. The van der Waals surface area contributed by atoms with Crippen LogP contribution < -0.4 is 0 Å². The maximum Gasteiger partial charge on any atom is 0.219 e. The number of hydrogen-bond donors (Lipinski definition) is 0. The molecule has 0 spiro atoms. The fourth-order valence-electron chi connectivity index (χ4n) is 3.97. The Morgan fingerprint density at radius 2 is 2.08 bits per heavy atom. The molecule has 2 aromatic rings. The van der Waals surface area contributed by atoms with Crippen molar-refractivity contribution in [2.45, 2.75) is 19.4 Å². The highest BCUT2D eigenvalue weighted by molar-refractivity contribution is 5.82. The zero-order valence-corrected chi connectivity index (χ0v) is 14.7. The molecule has 5 heteroatoms. The molecule has 1 amide bonds. The van der Waals surface area contributed by atoms with E-state index in [1.54, 1.807) is 6.92 Å². The molecule has 0 bridgehead atoms. The Hall–Kier alpha value is -1.98. The van der Waals surface area contributed by atoms with Crippen molar-refractivity contribution in [2.24, 2.45) is 5.92 Å². The Balaban J connectivity index is 1.57. The molecule has 1 atom stereocenters. The molecule has 1 unspecified atom stereocenters. The summed E-state index contributed by atoms with van der Waals surface area (Å²) in [6.45, 7) is 6.95. The molecule has 3 heterocycles. The van der Waals surface area contributed by atoms with E-state index >= 15 is 0 Å². The van der Waals surface area contributed by atoms with Crippen molar-refractivity contribution in [3.63, 3.8) is 0 Å². The largest absolute Gasteiger partial charge is 0.378 e. The number of benzene rings is 1. The summed E-state index contributed by atoms with van der Waals surface area (Å²) in [4.78, 5) is 21.0. The molecule has 2 aliphatic rings. The average Bonchev–Trinajstić information content (AvgIpc) is 2.76. The summed E-state index contributed by atoms with van der Waals surface area (Å²) in [5, 5.41) is 1.22. The molecule has 2 fully saturated rings. The third-order valence-corrected chi connectivity index (χ3v) is 5.46. The van der Waals surface area contributed by atoms with Gasteiger partial charge in [0.15, 0.2) is 0 Å². The van der Waals surface area contributed by atoms with Gasteiger partial charge in [-0.25, -0.2) is 0 Å². The molecule has 25 heavy (non-hydrogen) atoms. The summed E-state index contributed by atoms with van der Waals surface area (Å²) >= 11 is 0.